The summed E-state index contributed by atoms with van der Waals surface area (Å²) in [5.41, 5.74) is 3.21. The second-order valence-electron chi connectivity index (χ2n) is 11.0. The molecule has 1 aliphatic heterocycles. The highest BCUT2D eigenvalue weighted by molar-refractivity contribution is 7.80. The molecule has 0 radical (unpaired) electrons. The lowest BCUT2D eigenvalue weighted by Crippen LogP contribution is -2.28. The van der Waals surface area contributed by atoms with Gasteiger partial charge in [0.1, 0.15) is 0 Å². The second-order valence-corrected chi connectivity index (χ2v) is 15.4. The van der Waals surface area contributed by atoms with Crippen LogP contribution in [0.25, 0.3) is 0 Å². The number of ether oxygens (including phenoxy) is 1. The lowest BCUT2D eigenvalue weighted by atomic mass is 10.1. The molecule has 0 aliphatic carbocycles. The third kappa shape index (κ3) is 5.31. The van der Waals surface area contributed by atoms with Gasteiger partial charge in [0, 0.05) is 16.3 Å². The van der Waals surface area contributed by atoms with E-state index < -0.39 is 15.8 Å². The zero-order chi connectivity index (χ0) is 30.7. The summed E-state index contributed by atoms with van der Waals surface area (Å²) >= 11 is 0. The summed E-state index contributed by atoms with van der Waals surface area (Å²) in [6.45, 7) is 0. The first-order valence-corrected chi connectivity index (χ1v) is 18.1. The third-order valence-electron chi connectivity index (χ3n) is 8.19. The van der Waals surface area contributed by atoms with Crippen molar-refractivity contribution in [1.82, 2.24) is 0 Å². The van der Waals surface area contributed by atoms with E-state index in [0.29, 0.717) is 0 Å². The standard InChI is InChI=1S/C42H31NOP2/c1-6-18-32(19-7-1)43-37-28-16-30-39(45(33-20-8-2-9-21-33)34-22-10-3-11-23-34)41(37)44-42-38(43)29-17-31-40(42)46(35-24-12-4-13-25-35)36-26-14-5-15-27-36/h1-31H. The Labute approximate surface area is 273 Å². The van der Waals surface area contributed by atoms with Crippen molar-refractivity contribution >= 4 is 64.7 Å². The lowest BCUT2D eigenvalue weighted by Gasteiger charge is -2.37. The zero-order valence-corrected chi connectivity index (χ0v) is 26.9. The first-order chi connectivity index (χ1) is 22.9. The maximum atomic E-state index is 7.33. The Morgan fingerprint density at radius 2 is 0.652 bits per heavy atom. The number of para-hydroxylation sites is 3. The molecule has 0 bridgehead atoms. The Hall–Kier alpha value is -5.00. The summed E-state index contributed by atoms with van der Waals surface area (Å²) in [7, 11) is -1.79. The fraction of sp³-hybridized carbons (Fsp3) is 0. The minimum Gasteiger partial charge on any atom is -0.452 e. The molecule has 0 saturated carbocycles. The highest BCUT2D eigenvalue weighted by Gasteiger charge is 2.34. The van der Waals surface area contributed by atoms with E-state index in [-0.39, 0.29) is 0 Å². The summed E-state index contributed by atoms with van der Waals surface area (Å²) in [5, 5.41) is 7.58. The lowest BCUT2D eigenvalue weighted by molar-refractivity contribution is 0.485. The van der Waals surface area contributed by atoms with Crippen molar-refractivity contribution in [2.24, 2.45) is 0 Å². The van der Waals surface area contributed by atoms with E-state index in [0.717, 1.165) is 28.6 Å². The van der Waals surface area contributed by atoms with Gasteiger partial charge in [-0.3, -0.25) is 0 Å². The van der Waals surface area contributed by atoms with Gasteiger partial charge in [-0.05, 0) is 73.5 Å². The van der Waals surface area contributed by atoms with Gasteiger partial charge >= 0.3 is 0 Å². The molecule has 7 aromatic rings. The molecule has 0 atom stereocenters. The fourth-order valence-electron chi connectivity index (χ4n) is 6.19. The van der Waals surface area contributed by atoms with Crippen LogP contribution in [0.5, 0.6) is 11.5 Å². The maximum absolute atomic E-state index is 7.33. The molecule has 1 heterocycles. The van der Waals surface area contributed by atoms with E-state index in [9.17, 15) is 0 Å². The van der Waals surface area contributed by atoms with Crippen LogP contribution >= 0.6 is 15.8 Å². The number of hydrogen-bond donors (Lipinski definition) is 0. The van der Waals surface area contributed by atoms with Crippen LogP contribution in [0.1, 0.15) is 0 Å². The first-order valence-electron chi connectivity index (χ1n) is 15.5. The van der Waals surface area contributed by atoms with Gasteiger partial charge in [-0.25, -0.2) is 0 Å². The molecule has 0 saturated heterocycles. The van der Waals surface area contributed by atoms with Gasteiger partial charge in [0.05, 0.1) is 11.4 Å². The largest absolute Gasteiger partial charge is 0.452 e. The van der Waals surface area contributed by atoms with Crippen LogP contribution in [0.2, 0.25) is 0 Å². The Balaban J connectivity index is 1.39. The van der Waals surface area contributed by atoms with E-state index in [4.69, 9.17) is 4.74 Å². The average Bonchev–Trinajstić information content (AvgIpc) is 3.13. The second kappa shape index (κ2) is 12.8. The van der Waals surface area contributed by atoms with Crippen LogP contribution in [-0.4, -0.2) is 0 Å². The molecule has 4 heteroatoms. The fourth-order valence-corrected chi connectivity index (χ4v) is 11.0. The number of fused-ring (bicyclic) bond motifs is 2. The minimum atomic E-state index is -0.897. The molecule has 0 aromatic heterocycles. The van der Waals surface area contributed by atoms with Crippen LogP contribution in [0.4, 0.5) is 17.1 Å². The molecule has 1 aliphatic rings. The SMILES string of the molecule is c1ccc(N2c3cccc(P(c4ccccc4)c4ccccc4)c3Oc3c2cccc3P(c2ccccc2)c2ccccc2)cc1. The van der Waals surface area contributed by atoms with Crippen LogP contribution in [0.3, 0.4) is 0 Å². The summed E-state index contributed by atoms with van der Waals surface area (Å²) < 4.78 is 7.33. The van der Waals surface area contributed by atoms with Gasteiger partial charge in [0.25, 0.3) is 0 Å². The zero-order valence-electron chi connectivity index (χ0n) is 25.1. The van der Waals surface area contributed by atoms with E-state index in [1.165, 1.54) is 31.8 Å². The smallest absolute Gasteiger partial charge is 0.159 e. The molecule has 220 valence electrons. The summed E-state index contributed by atoms with van der Waals surface area (Å²) in [6.07, 6.45) is 0. The molecule has 46 heavy (non-hydrogen) atoms. The summed E-state index contributed by atoms with van der Waals surface area (Å²) in [5.74, 6) is 1.84. The van der Waals surface area contributed by atoms with Crippen LogP contribution < -0.4 is 41.5 Å². The number of benzene rings is 7. The van der Waals surface area contributed by atoms with E-state index in [1.54, 1.807) is 0 Å². The van der Waals surface area contributed by atoms with Crippen molar-refractivity contribution < 1.29 is 4.74 Å². The highest BCUT2D eigenvalue weighted by Crippen LogP contribution is 2.54. The topological polar surface area (TPSA) is 12.5 Å². The summed E-state index contributed by atoms with van der Waals surface area (Å²) in [6, 6.07) is 67.4. The van der Waals surface area contributed by atoms with Gasteiger partial charge in [-0.15, -0.1) is 0 Å². The van der Waals surface area contributed by atoms with E-state index in [2.05, 4.69) is 193 Å². The molecule has 8 rings (SSSR count). The van der Waals surface area contributed by atoms with Gasteiger partial charge < -0.3 is 9.64 Å². The molecule has 0 N–H and O–H groups in total. The van der Waals surface area contributed by atoms with Crippen molar-refractivity contribution in [1.29, 1.82) is 0 Å². The molecule has 0 unspecified atom stereocenters. The predicted octanol–water partition coefficient (Wildman–Crippen LogP) is 8.78. The normalized spacial score (nSPS) is 12.0. The highest BCUT2D eigenvalue weighted by atomic mass is 31.1. The number of anilines is 3. The monoisotopic (exact) mass is 627 g/mol. The molecular weight excluding hydrogens is 596 g/mol. The predicted molar refractivity (Wildman–Crippen MR) is 199 cm³/mol. The van der Waals surface area contributed by atoms with Crippen molar-refractivity contribution in [2.75, 3.05) is 4.90 Å². The summed E-state index contributed by atoms with van der Waals surface area (Å²) in [4.78, 5) is 2.38. The van der Waals surface area contributed by atoms with E-state index >= 15 is 0 Å². The van der Waals surface area contributed by atoms with Crippen molar-refractivity contribution in [3.05, 3.63) is 188 Å². The Morgan fingerprint density at radius 3 is 1.00 bits per heavy atom. The molecule has 7 aromatic carbocycles. The molecular formula is C42H31NOP2. The van der Waals surface area contributed by atoms with E-state index in [1.807, 2.05) is 0 Å². The van der Waals surface area contributed by atoms with Gasteiger partial charge in [0.15, 0.2) is 11.5 Å². The van der Waals surface area contributed by atoms with Gasteiger partial charge in [0.2, 0.25) is 0 Å². The number of rotatable bonds is 7. The average molecular weight is 628 g/mol. The third-order valence-corrected chi connectivity index (χ3v) is 13.1. The van der Waals surface area contributed by atoms with Gasteiger partial charge in [-0.1, -0.05) is 152 Å². The molecule has 2 nitrogen and oxygen atoms in total. The van der Waals surface area contributed by atoms with Crippen LogP contribution in [0.15, 0.2) is 188 Å². The van der Waals surface area contributed by atoms with Crippen molar-refractivity contribution in [3.63, 3.8) is 0 Å². The molecule has 0 fully saturated rings. The minimum absolute atomic E-state index is 0.897. The number of nitrogens with zero attached hydrogens (tertiary/aromatic N) is 1. The Morgan fingerprint density at radius 1 is 0.326 bits per heavy atom. The Kier molecular flexibility index (Phi) is 7.91. The molecule has 0 amide bonds. The maximum Gasteiger partial charge on any atom is 0.159 e. The molecule has 0 spiro atoms. The first kappa shape index (κ1) is 28.5. The number of hydrogen-bond acceptors (Lipinski definition) is 2. The quantitative estimate of drug-likeness (QED) is 0.164. The van der Waals surface area contributed by atoms with Crippen molar-refractivity contribution in [3.8, 4) is 11.5 Å². The van der Waals surface area contributed by atoms with Crippen molar-refractivity contribution in [2.45, 2.75) is 0 Å². The van der Waals surface area contributed by atoms with Gasteiger partial charge in [-0.2, -0.15) is 0 Å². The van der Waals surface area contributed by atoms with Crippen LogP contribution in [0, 0.1) is 0 Å². The van der Waals surface area contributed by atoms with Crippen LogP contribution in [-0.2, 0) is 0 Å². The Bertz CT molecular complexity index is 1860.